The second kappa shape index (κ2) is 8.26. The van der Waals surface area contributed by atoms with Gasteiger partial charge >= 0.3 is 6.18 Å². The van der Waals surface area contributed by atoms with Crippen molar-refractivity contribution in [2.24, 2.45) is 0 Å². The first-order valence-electron chi connectivity index (χ1n) is 10.7. The van der Waals surface area contributed by atoms with Gasteiger partial charge in [0.15, 0.2) is 11.5 Å². The summed E-state index contributed by atoms with van der Waals surface area (Å²) < 4.78 is 75.4. The fourth-order valence-corrected chi connectivity index (χ4v) is 4.36. The third-order valence-corrected chi connectivity index (χ3v) is 5.66. The summed E-state index contributed by atoms with van der Waals surface area (Å²) in [4.78, 5) is 22.7. The summed E-state index contributed by atoms with van der Waals surface area (Å²) in [7, 11) is 0. The molecule has 1 saturated heterocycles. The van der Waals surface area contributed by atoms with E-state index in [0.717, 1.165) is 10.6 Å². The van der Waals surface area contributed by atoms with E-state index >= 15 is 0 Å². The molecule has 4 aromatic heterocycles. The van der Waals surface area contributed by atoms with Gasteiger partial charge in [-0.1, -0.05) is 0 Å². The van der Waals surface area contributed by atoms with Gasteiger partial charge in [-0.25, -0.2) is 13.8 Å². The zero-order valence-electron chi connectivity index (χ0n) is 18.6. The molecule has 0 radical (unpaired) electrons. The molecule has 0 bridgehead atoms. The van der Waals surface area contributed by atoms with Crippen LogP contribution in [0.2, 0.25) is 0 Å². The van der Waals surface area contributed by atoms with Crippen molar-refractivity contribution >= 4 is 22.5 Å². The first-order chi connectivity index (χ1) is 16.5. The van der Waals surface area contributed by atoms with E-state index in [1.165, 1.54) is 23.4 Å². The highest BCUT2D eigenvalue weighted by Crippen LogP contribution is 2.31. The van der Waals surface area contributed by atoms with Crippen LogP contribution in [-0.4, -0.2) is 66.4 Å². The first-order valence-corrected chi connectivity index (χ1v) is 10.7. The van der Waals surface area contributed by atoms with Gasteiger partial charge in [-0.05, 0) is 19.9 Å². The van der Waals surface area contributed by atoms with E-state index in [-0.39, 0.29) is 45.8 Å². The number of fused-ring (bicyclic) bond motifs is 2. The van der Waals surface area contributed by atoms with Crippen molar-refractivity contribution in [1.29, 1.82) is 0 Å². The standard InChI is InChI=1S/C22H19F5N6O2/c1-11-7-31(8-12(2)35-11)21(34)16-4-17-14(5-28-16)19(30-33(17)10-22(25,26)27)18-6-29-20-15(24)3-13(23)9-32(18)20/h3-6,9,11-12H,7-8,10H2,1-2H3. The minimum atomic E-state index is -4.61. The summed E-state index contributed by atoms with van der Waals surface area (Å²) in [6.07, 6.45) is -1.64. The van der Waals surface area contributed by atoms with Gasteiger partial charge in [0.25, 0.3) is 5.91 Å². The largest absolute Gasteiger partial charge is 0.408 e. The number of imidazole rings is 1. The maximum atomic E-state index is 14.1. The molecule has 1 fully saturated rings. The molecule has 1 amide bonds. The van der Waals surface area contributed by atoms with Crippen molar-refractivity contribution < 1.29 is 31.5 Å². The van der Waals surface area contributed by atoms with Crippen LogP contribution in [0.5, 0.6) is 0 Å². The topological polar surface area (TPSA) is 77.5 Å². The second-order valence-corrected chi connectivity index (χ2v) is 8.52. The molecule has 1 aliphatic heterocycles. The normalized spacial score (nSPS) is 19.1. The molecular formula is C22H19F5N6O2. The molecular weight excluding hydrogens is 475 g/mol. The molecule has 5 heterocycles. The highest BCUT2D eigenvalue weighted by Gasteiger charge is 2.32. The minimum absolute atomic E-state index is 0.00291. The van der Waals surface area contributed by atoms with E-state index in [1.807, 2.05) is 13.8 Å². The van der Waals surface area contributed by atoms with E-state index in [1.54, 1.807) is 0 Å². The number of hydrogen-bond donors (Lipinski definition) is 0. The molecule has 2 atom stereocenters. The van der Waals surface area contributed by atoms with Gasteiger partial charge in [-0.15, -0.1) is 0 Å². The quantitative estimate of drug-likeness (QED) is 0.405. The van der Waals surface area contributed by atoms with Crippen LogP contribution in [0.25, 0.3) is 27.9 Å². The molecule has 0 aliphatic carbocycles. The van der Waals surface area contributed by atoms with Crippen molar-refractivity contribution in [3.05, 3.63) is 48.1 Å². The maximum Gasteiger partial charge on any atom is 0.408 e. The number of alkyl halides is 3. The van der Waals surface area contributed by atoms with Crippen LogP contribution in [0.15, 0.2) is 30.7 Å². The van der Waals surface area contributed by atoms with Crippen LogP contribution in [0, 0.1) is 11.6 Å². The van der Waals surface area contributed by atoms with Crippen molar-refractivity contribution in [2.45, 2.75) is 38.8 Å². The van der Waals surface area contributed by atoms with Crippen molar-refractivity contribution in [2.75, 3.05) is 13.1 Å². The first kappa shape index (κ1) is 23.1. The molecule has 0 saturated carbocycles. The second-order valence-electron chi connectivity index (χ2n) is 8.52. The number of rotatable bonds is 3. The lowest BCUT2D eigenvalue weighted by molar-refractivity contribution is -0.141. The lowest BCUT2D eigenvalue weighted by Crippen LogP contribution is -2.48. The number of carbonyl (C=O) groups is 1. The third kappa shape index (κ3) is 4.31. The van der Waals surface area contributed by atoms with Crippen LogP contribution < -0.4 is 0 Å². The third-order valence-electron chi connectivity index (χ3n) is 5.66. The maximum absolute atomic E-state index is 14.1. The Morgan fingerprint density at radius 1 is 1.11 bits per heavy atom. The zero-order valence-corrected chi connectivity index (χ0v) is 18.6. The van der Waals surface area contributed by atoms with Gasteiger partial charge in [-0.3, -0.25) is 18.9 Å². The Bertz CT molecular complexity index is 1440. The number of morpholine rings is 1. The Labute approximate surface area is 194 Å². The monoisotopic (exact) mass is 494 g/mol. The van der Waals surface area contributed by atoms with E-state index in [0.29, 0.717) is 23.8 Å². The molecule has 0 N–H and O–H groups in total. The molecule has 13 heteroatoms. The number of amides is 1. The Morgan fingerprint density at radius 2 is 1.83 bits per heavy atom. The molecule has 2 unspecified atom stereocenters. The molecule has 35 heavy (non-hydrogen) atoms. The summed E-state index contributed by atoms with van der Waals surface area (Å²) in [6.45, 7) is 2.83. The van der Waals surface area contributed by atoms with E-state index in [4.69, 9.17) is 4.74 Å². The van der Waals surface area contributed by atoms with Gasteiger partial charge in [0, 0.05) is 36.9 Å². The minimum Gasteiger partial charge on any atom is -0.372 e. The van der Waals surface area contributed by atoms with Gasteiger partial charge in [0.2, 0.25) is 0 Å². The summed E-state index contributed by atoms with van der Waals surface area (Å²) in [6, 6.07) is 1.90. The number of hydrogen-bond acceptors (Lipinski definition) is 5. The molecule has 0 spiro atoms. The predicted molar refractivity (Wildman–Crippen MR) is 114 cm³/mol. The molecule has 4 aromatic rings. The Morgan fingerprint density at radius 3 is 2.51 bits per heavy atom. The fourth-order valence-electron chi connectivity index (χ4n) is 4.36. The predicted octanol–water partition coefficient (Wildman–Crippen LogP) is 3.84. The zero-order chi connectivity index (χ0) is 25.1. The smallest absolute Gasteiger partial charge is 0.372 e. The van der Waals surface area contributed by atoms with Gasteiger partial charge in [0.05, 0.1) is 29.6 Å². The van der Waals surface area contributed by atoms with Gasteiger partial charge in [-0.2, -0.15) is 18.3 Å². The number of pyridine rings is 2. The van der Waals surface area contributed by atoms with Crippen LogP contribution in [-0.2, 0) is 11.3 Å². The molecule has 1 aliphatic rings. The number of halogens is 5. The lowest BCUT2D eigenvalue weighted by atomic mass is 10.1. The number of carbonyl (C=O) groups excluding carboxylic acids is 1. The van der Waals surface area contributed by atoms with Crippen LogP contribution in [0.3, 0.4) is 0 Å². The van der Waals surface area contributed by atoms with Crippen molar-refractivity contribution in [3.63, 3.8) is 0 Å². The number of nitrogens with zero attached hydrogens (tertiary/aromatic N) is 6. The molecule has 5 rings (SSSR count). The number of aromatic nitrogens is 5. The highest BCUT2D eigenvalue weighted by molar-refractivity contribution is 5.99. The summed E-state index contributed by atoms with van der Waals surface area (Å²) in [5.41, 5.74) is -0.209. The SMILES string of the molecule is CC1CN(C(=O)c2cc3c(cn2)c(-c2cnc4c(F)cc(F)cn24)nn3CC(F)(F)F)CC(C)O1. The average Bonchev–Trinajstić information content (AvgIpc) is 3.32. The summed E-state index contributed by atoms with van der Waals surface area (Å²) in [5, 5.41) is 4.24. The molecule has 8 nitrogen and oxygen atoms in total. The van der Waals surface area contributed by atoms with Gasteiger partial charge < -0.3 is 9.64 Å². The van der Waals surface area contributed by atoms with Gasteiger partial charge in [0.1, 0.15) is 23.7 Å². The summed E-state index contributed by atoms with van der Waals surface area (Å²) in [5.74, 6) is -2.28. The van der Waals surface area contributed by atoms with Crippen molar-refractivity contribution in [3.8, 4) is 11.4 Å². The number of ether oxygens (including phenoxy) is 1. The van der Waals surface area contributed by atoms with Crippen LogP contribution in [0.1, 0.15) is 24.3 Å². The van der Waals surface area contributed by atoms with Crippen LogP contribution in [0.4, 0.5) is 22.0 Å². The van der Waals surface area contributed by atoms with E-state index in [9.17, 15) is 26.7 Å². The highest BCUT2D eigenvalue weighted by atomic mass is 19.4. The average molecular weight is 494 g/mol. The molecule has 184 valence electrons. The fraction of sp³-hybridized carbons (Fsp3) is 0.364. The van der Waals surface area contributed by atoms with Crippen LogP contribution >= 0.6 is 0 Å². The van der Waals surface area contributed by atoms with E-state index in [2.05, 4.69) is 15.1 Å². The van der Waals surface area contributed by atoms with Crippen molar-refractivity contribution in [1.82, 2.24) is 29.0 Å². The Kier molecular flexibility index (Phi) is 5.46. The Hall–Kier alpha value is -3.61. The molecule has 0 aromatic carbocycles. The summed E-state index contributed by atoms with van der Waals surface area (Å²) >= 11 is 0. The Balaban J connectivity index is 1.64. The van der Waals surface area contributed by atoms with E-state index < -0.39 is 30.3 Å². The lowest BCUT2D eigenvalue weighted by Gasteiger charge is -2.35.